The number of aliphatic carboxylic acids is 1. The van der Waals surface area contributed by atoms with Crippen molar-refractivity contribution >= 4 is 149 Å². The van der Waals surface area contributed by atoms with Crippen molar-refractivity contribution in [2.45, 2.75) is 313 Å². The number of nitrogen functional groups attached to an aromatic ring is 1. The lowest BCUT2D eigenvalue weighted by Crippen LogP contribution is -2.52. The summed E-state index contributed by atoms with van der Waals surface area (Å²) in [5.41, 5.74) is 6.08. The molecule has 0 radical (unpaired) electrons. The number of carboxylic acids is 1. The second kappa shape index (κ2) is 38.4. The number of anilines is 1. The number of thioether (sulfide) groups is 3. The van der Waals surface area contributed by atoms with Crippen LogP contribution in [0.15, 0.2) is 78.5 Å². The van der Waals surface area contributed by atoms with Crippen LogP contribution in [0.3, 0.4) is 0 Å². The van der Waals surface area contributed by atoms with Gasteiger partial charge in [0.25, 0.3) is 0 Å². The van der Waals surface area contributed by atoms with Crippen LogP contribution < -0.4 is 22.1 Å². The van der Waals surface area contributed by atoms with E-state index in [1.807, 2.05) is 69.2 Å². The van der Waals surface area contributed by atoms with Crippen LogP contribution in [0.5, 0.6) is 0 Å². The minimum Gasteiger partial charge on any atom is -0.480 e. The maximum Gasteiger partial charge on any atom is 0.418 e. The lowest BCUT2D eigenvalue weighted by atomic mass is 9.85. The Kier molecular flexibility index (Phi) is 33.8. The van der Waals surface area contributed by atoms with E-state index in [-0.39, 0.29) is 77.9 Å². The first-order valence-electron chi connectivity index (χ1n) is 40.1. The number of aliphatic imine (C=N–C) groups is 3. The molecule has 3 aromatic rings. The van der Waals surface area contributed by atoms with Gasteiger partial charge in [-0.1, -0.05) is 133 Å². The van der Waals surface area contributed by atoms with Gasteiger partial charge in [0, 0.05) is 110 Å². The molecule has 3 aliphatic heterocycles. The molecule has 0 spiro atoms. The molecule has 34 heteroatoms. The predicted molar refractivity (Wildman–Crippen MR) is 494 cm³/mol. The van der Waals surface area contributed by atoms with Crippen LogP contribution in [0.4, 0.5) is 33.2 Å². The number of carbonyl (C=O) groups is 6. The number of benzene rings is 3. The highest BCUT2D eigenvalue weighted by atomic mass is 79.9. The summed E-state index contributed by atoms with van der Waals surface area (Å²) >= 11 is 10.3. The Hall–Kier alpha value is -5.02. The van der Waals surface area contributed by atoms with Gasteiger partial charge in [-0.2, -0.15) is 0 Å². The molecule has 3 heterocycles. The average Bonchev–Trinajstić information content (AvgIpc) is 1.53. The number of amides is 5. The van der Waals surface area contributed by atoms with E-state index in [4.69, 9.17) is 54.9 Å². The SMILES string of the molecule is C.CC(C)(C)N.CC(C)(C)NC(=O)[C@]12C[C@H]1[C@@](C)(c1cc(Br)ccc1F)N=C(N(COCC[Si](C)(C)C)C(=O)OC(C)(C)C)S2.CC(C)(C)NC(=O)[C@]12C[C@H]1[C@@](C)(c1cc(N)ccc1F)N=C(N(COCC[Si](C)(C)C)C(=O)OC(C)(C)C)S2.CC(C)(C)OC(=O)N(COCC[Si](C)(C)C)C1=N[C@](C)(c2cc(Br)ccc2F)[C@@H]2C[C@]2(C(=O)O)S1. The third-order valence-electron chi connectivity index (χ3n) is 19.3. The molecular formula is C85H137Br2F3N10O13S3Si3. The number of halogens is 5. The van der Waals surface area contributed by atoms with Crippen LogP contribution in [0.25, 0.3) is 0 Å². The maximum absolute atomic E-state index is 15.3. The number of hydrogen-bond donors (Lipinski definition) is 5. The lowest BCUT2D eigenvalue weighted by Gasteiger charge is -2.38. The Morgan fingerprint density at radius 1 is 0.479 bits per heavy atom. The van der Waals surface area contributed by atoms with Crippen LogP contribution in [0.1, 0.15) is 189 Å². The van der Waals surface area contributed by atoms with Gasteiger partial charge in [0.15, 0.2) is 15.5 Å². The molecule has 23 nitrogen and oxygen atoms in total. The predicted octanol–water partition coefficient (Wildman–Crippen LogP) is 20.8. The zero-order chi connectivity index (χ0) is 90.1. The molecule has 119 heavy (non-hydrogen) atoms. The lowest BCUT2D eigenvalue weighted by molar-refractivity contribution is -0.137. The van der Waals surface area contributed by atoms with Gasteiger partial charge in [-0.25, -0.2) is 42.3 Å². The van der Waals surface area contributed by atoms with Crippen molar-refractivity contribution in [2.75, 3.05) is 45.7 Å². The maximum atomic E-state index is 15.3. The van der Waals surface area contributed by atoms with E-state index in [0.29, 0.717) is 64.8 Å². The number of nitrogens with one attached hydrogen (secondary N) is 2. The Balaban J connectivity index is 0.000000308. The molecule has 3 saturated carbocycles. The average molecular weight is 1900 g/mol. The summed E-state index contributed by atoms with van der Waals surface area (Å²) in [5.74, 6) is -3.68. The number of amidine groups is 3. The number of rotatable bonds is 21. The summed E-state index contributed by atoms with van der Waals surface area (Å²) in [6.45, 7) is 60.1. The van der Waals surface area contributed by atoms with Crippen LogP contribution in [0, 0.1) is 35.2 Å². The Bertz CT molecular complexity index is 4080. The summed E-state index contributed by atoms with van der Waals surface area (Å²) in [6.07, 6.45) is -0.676. The van der Waals surface area contributed by atoms with Gasteiger partial charge in [-0.3, -0.25) is 29.4 Å². The number of fused-ring (bicyclic) bond motifs is 3. The Morgan fingerprint density at radius 2 is 0.731 bits per heavy atom. The molecule has 7 N–H and O–H groups in total. The summed E-state index contributed by atoms with van der Waals surface area (Å²) in [4.78, 5) is 98.8. The van der Waals surface area contributed by atoms with Crippen LogP contribution in [-0.2, 0) is 59.4 Å². The van der Waals surface area contributed by atoms with Gasteiger partial charge in [0.1, 0.15) is 68.7 Å². The van der Waals surface area contributed by atoms with Gasteiger partial charge in [0.05, 0.1) is 16.6 Å². The zero-order valence-corrected chi connectivity index (χ0v) is 83.8. The molecule has 3 fully saturated rings. The van der Waals surface area contributed by atoms with Gasteiger partial charge >= 0.3 is 24.2 Å². The number of hydrogen-bond acceptors (Lipinski definition) is 20. The van der Waals surface area contributed by atoms with Crippen molar-refractivity contribution in [3.05, 3.63) is 97.7 Å². The van der Waals surface area contributed by atoms with Crippen LogP contribution >= 0.6 is 67.1 Å². The van der Waals surface area contributed by atoms with Gasteiger partial charge in [0.2, 0.25) is 11.8 Å². The molecule has 3 aromatic carbocycles. The summed E-state index contributed by atoms with van der Waals surface area (Å²) < 4.78 is 78.8. The third-order valence-corrected chi connectivity index (χ3v) is 29.9. The van der Waals surface area contributed by atoms with E-state index in [1.54, 1.807) is 106 Å². The highest BCUT2D eigenvalue weighted by Gasteiger charge is 2.74. The minimum absolute atomic E-state index is 0. The third kappa shape index (κ3) is 29.3. The summed E-state index contributed by atoms with van der Waals surface area (Å²) in [5, 5.41) is 17.0. The first-order chi connectivity index (χ1) is 53.3. The molecule has 670 valence electrons. The van der Waals surface area contributed by atoms with Gasteiger partial charge in [-0.15, -0.1) is 0 Å². The number of carboxylic acid groups (broad SMARTS) is 1. The molecule has 0 bridgehead atoms. The van der Waals surface area contributed by atoms with E-state index in [9.17, 15) is 33.9 Å². The van der Waals surface area contributed by atoms with Gasteiger partial charge < -0.3 is 55.6 Å². The fourth-order valence-electron chi connectivity index (χ4n) is 13.1. The molecule has 9 rings (SSSR count). The summed E-state index contributed by atoms with van der Waals surface area (Å²) in [6, 6.07) is 16.4. The molecule has 5 amide bonds. The monoisotopic (exact) mass is 1900 g/mol. The van der Waals surface area contributed by atoms with Crippen molar-refractivity contribution in [2.24, 2.45) is 38.5 Å². The zero-order valence-electron chi connectivity index (χ0n) is 75.2. The largest absolute Gasteiger partial charge is 0.480 e. The first kappa shape index (κ1) is 105. The molecule has 0 saturated heterocycles. The fourth-order valence-corrected chi connectivity index (χ4v) is 20.7. The van der Waals surface area contributed by atoms with E-state index in [0.717, 1.165) is 29.9 Å². The van der Waals surface area contributed by atoms with E-state index in [1.165, 1.54) is 62.5 Å². The van der Waals surface area contributed by atoms with E-state index >= 15 is 13.2 Å². The molecule has 3 aliphatic carbocycles. The normalized spacial score (nSPS) is 24.5. The van der Waals surface area contributed by atoms with Crippen molar-refractivity contribution < 1.29 is 75.5 Å². The van der Waals surface area contributed by atoms with E-state index < -0.39 is 131 Å². The standard InChI is InChI=1S/C28H43BrFN3O4SSi.C28H45FN4O4SSi.C24H34BrFN2O5SSi.C4H11N.CH4/c1-25(2,3)31-22(34)28-16-21(28)27(7,19-15-18(29)11-12-20(19)30)32-23(38-28)33(24(35)37-26(4,5)6)17-36-13-14-39(8,9)10;1-25(2,3)31-22(34)28-16-21(28)27(7,19-15-18(30)11-12-20(19)29)32-23(38-28)33(24(35)37-26(4,5)6)17-36-13-14-39(8,9)10;1-22(2,3)33-21(31)28(14-32-10-11-35(5,6)7)20-27-23(4,16-12-15(25)8-9-17(16)26)18-13-24(18,34-20)19(29)30;1-4(2,3)5;/h11-12,15,21H,13-14,16-17H2,1-10H3,(H,31,34);11-12,15,21H,13-14,16-17,30H2,1-10H3,(H,31,34);8-9,12,18H,10-11,13-14H2,1-7H3,(H,29,30);5H2,1-3H3;1H4/t2*21-,27+,28-;18-,23+,24-;;/m000../s1. The number of carbonyl (C=O) groups excluding carboxylic acids is 5. The second-order valence-corrected chi connectivity index (χ2v) is 64.3. The molecule has 0 aromatic heterocycles. The van der Waals surface area contributed by atoms with Crippen LogP contribution in [0.2, 0.25) is 77.1 Å². The van der Waals surface area contributed by atoms with E-state index in [2.05, 4.69) is 101 Å². The molecule has 9 atom stereocenters. The quantitative estimate of drug-likeness (QED) is 0.0218. The number of nitrogens with zero attached hydrogens (tertiary/aromatic N) is 6. The summed E-state index contributed by atoms with van der Waals surface area (Å²) in [7, 11) is -4.09. The highest BCUT2D eigenvalue weighted by Crippen LogP contribution is 2.70. The van der Waals surface area contributed by atoms with Crippen molar-refractivity contribution in [3.8, 4) is 0 Å². The van der Waals surface area contributed by atoms with Crippen LogP contribution in [-0.4, -0.2) is 183 Å². The molecular weight excluding hydrogens is 1770 g/mol. The van der Waals surface area contributed by atoms with Crippen molar-refractivity contribution in [1.29, 1.82) is 0 Å². The first-order valence-corrected chi connectivity index (χ1v) is 55.2. The van der Waals surface area contributed by atoms with Crippen molar-refractivity contribution in [1.82, 2.24) is 25.3 Å². The number of ether oxygens (including phenoxy) is 6. The smallest absolute Gasteiger partial charge is 0.418 e. The highest BCUT2D eigenvalue weighted by molar-refractivity contribution is 9.10. The topological polar surface area (TPSA) is 301 Å². The van der Waals surface area contributed by atoms with Crippen molar-refractivity contribution in [3.63, 3.8) is 0 Å². The number of nitrogens with two attached hydrogens (primary N) is 2. The second-order valence-electron chi connectivity index (χ2n) is 41.7. The Labute approximate surface area is 739 Å². The molecule has 0 unspecified atom stereocenters. The fraction of sp³-hybridized carbons (Fsp3) is 0.682. The Morgan fingerprint density at radius 3 is 0.992 bits per heavy atom. The van der Waals surface area contributed by atoms with Gasteiger partial charge in [-0.05, 0) is 237 Å². The minimum atomic E-state index is -1.37. The molecule has 6 aliphatic rings.